The molecule has 0 radical (unpaired) electrons. The predicted molar refractivity (Wildman–Crippen MR) is 73.2 cm³/mol. The number of hydrogen-bond acceptors (Lipinski definition) is 4. The molecule has 0 spiro atoms. The molecule has 1 aliphatic heterocycles. The van der Waals surface area contributed by atoms with Crippen molar-refractivity contribution in [3.63, 3.8) is 0 Å². The van der Waals surface area contributed by atoms with Crippen LogP contribution in [0.4, 0.5) is 0 Å². The van der Waals surface area contributed by atoms with Crippen LogP contribution in [0.2, 0.25) is 0 Å². The van der Waals surface area contributed by atoms with Crippen LogP contribution in [0, 0.1) is 0 Å². The van der Waals surface area contributed by atoms with E-state index >= 15 is 0 Å². The fourth-order valence-corrected chi connectivity index (χ4v) is 2.56. The standard InChI is InChI=1S/C14H21N3O2/c1-10-7-17(8-11(2)16(10)3)9-12-5-4-6-13(15-12)14(18)19/h4-6,10-11H,7-9H2,1-3H3,(H,18,19). The zero-order valence-electron chi connectivity index (χ0n) is 11.7. The summed E-state index contributed by atoms with van der Waals surface area (Å²) in [5, 5.41) is 8.95. The van der Waals surface area contributed by atoms with Crippen LogP contribution in [-0.4, -0.2) is 58.1 Å². The first kappa shape index (κ1) is 14.0. The molecule has 0 amide bonds. The van der Waals surface area contributed by atoms with Crippen LogP contribution in [0.25, 0.3) is 0 Å². The number of carboxylic acid groups (broad SMARTS) is 1. The Morgan fingerprint density at radius 2 is 2.00 bits per heavy atom. The first-order valence-corrected chi connectivity index (χ1v) is 6.61. The highest BCUT2D eigenvalue weighted by molar-refractivity contribution is 5.85. The van der Waals surface area contributed by atoms with Crippen molar-refractivity contribution in [2.24, 2.45) is 0 Å². The number of piperazine rings is 1. The maximum atomic E-state index is 10.9. The smallest absolute Gasteiger partial charge is 0.354 e. The van der Waals surface area contributed by atoms with Gasteiger partial charge in [-0.3, -0.25) is 9.80 Å². The van der Waals surface area contributed by atoms with E-state index in [0.717, 1.165) is 18.8 Å². The Balaban J connectivity index is 2.05. The summed E-state index contributed by atoms with van der Waals surface area (Å²) in [5.74, 6) is -0.970. The molecule has 2 atom stereocenters. The van der Waals surface area contributed by atoms with Gasteiger partial charge in [-0.1, -0.05) is 6.07 Å². The fraction of sp³-hybridized carbons (Fsp3) is 0.571. The second-order valence-electron chi connectivity index (χ2n) is 5.38. The molecule has 2 unspecified atom stereocenters. The second-order valence-corrected chi connectivity index (χ2v) is 5.38. The van der Waals surface area contributed by atoms with Crippen LogP contribution < -0.4 is 0 Å². The number of carboxylic acids is 1. The average Bonchev–Trinajstić information content (AvgIpc) is 2.36. The van der Waals surface area contributed by atoms with Gasteiger partial charge in [-0.05, 0) is 33.0 Å². The quantitative estimate of drug-likeness (QED) is 0.891. The monoisotopic (exact) mass is 263 g/mol. The van der Waals surface area contributed by atoms with Crippen molar-refractivity contribution < 1.29 is 9.90 Å². The first-order valence-electron chi connectivity index (χ1n) is 6.61. The van der Waals surface area contributed by atoms with Gasteiger partial charge in [0.2, 0.25) is 0 Å². The molecule has 1 aliphatic rings. The molecule has 5 heteroatoms. The van der Waals surface area contributed by atoms with E-state index in [1.165, 1.54) is 6.07 Å². The number of aromatic nitrogens is 1. The summed E-state index contributed by atoms with van der Waals surface area (Å²) in [5.41, 5.74) is 0.941. The van der Waals surface area contributed by atoms with E-state index in [0.29, 0.717) is 18.6 Å². The van der Waals surface area contributed by atoms with E-state index in [1.807, 2.05) is 6.07 Å². The van der Waals surface area contributed by atoms with E-state index in [1.54, 1.807) is 6.07 Å². The number of likely N-dealkylation sites (N-methyl/N-ethyl adjacent to an activating group) is 1. The molecule has 5 nitrogen and oxygen atoms in total. The van der Waals surface area contributed by atoms with Crippen molar-refractivity contribution in [1.82, 2.24) is 14.8 Å². The minimum Gasteiger partial charge on any atom is -0.477 e. The van der Waals surface area contributed by atoms with Gasteiger partial charge in [-0.2, -0.15) is 0 Å². The summed E-state index contributed by atoms with van der Waals surface area (Å²) < 4.78 is 0. The molecule has 1 aromatic rings. The van der Waals surface area contributed by atoms with Crippen LogP contribution in [0.3, 0.4) is 0 Å². The van der Waals surface area contributed by atoms with Crippen LogP contribution >= 0.6 is 0 Å². The van der Waals surface area contributed by atoms with E-state index in [4.69, 9.17) is 5.11 Å². The highest BCUT2D eigenvalue weighted by Gasteiger charge is 2.26. The number of hydrogen-bond donors (Lipinski definition) is 1. The van der Waals surface area contributed by atoms with Crippen molar-refractivity contribution in [1.29, 1.82) is 0 Å². The zero-order valence-corrected chi connectivity index (χ0v) is 11.7. The highest BCUT2D eigenvalue weighted by Crippen LogP contribution is 2.15. The van der Waals surface area contributed by atoms with Crippen LogP contribution in [0.5, 0.6) is 0 Å². The van der Waals surface area contributed by atoms with E-state index in [2.05, 4.69) is 35.7 Å². The highest BCUT2D eigenvalue weighted by atomic mass is 16.4. The van der Waals surface area contributed by atoms with Gasteiger partial charge in [-0.15, -0.1) is 0 Å². The Bertz CT molecular complexity index is 452. The van der Waals surface area contributed by atoms with Crippen molar-refractivity contribution in [3.8, 4) is 0 Å². The third-order valence-electron chi connectivity index (χ3n) is 3.85. The lowest BCUT2D eigenvalue weighted by Crippen LogP contribution is -2.54. The molecular weight excluding hydrogens is 242 g/mol. The van der Waals surface area contributed by atoms with Gasteiger partial charge in [-0.25, -0.2) is 9.78 Å². The number of rotatable bonds is 3. The molecule has 1 N–H and O–H groups in total. The summed E-state index contributed by atoms with van der Waals surface area (Å²) in [7, 11) is 2.15. The van der Waals surface area contributed by atoms with Crippen LogP contribution in [0.15, 0.2) is 18.2 Å². The molecular formula is C14H21N3O2. The minimum absolute atomic E-state index is 0.118. The van der Waals surface area contributed by atoms with Gasteiger partial charge in [0.25, 0.3) is 0 Å². The average molecular weight is 263 g/mol. The van der Waals surface area contributed by atoms with Gasteiger partial charge in [0.1, 0.15) is 5.69 Å². The second kappa shape index (κ2) is 5.67. The van der Waals surface area contributed by atoms with E-state index in [-0.39, 0.29) is 5.69 Å². The van der Waals surface area contributed by atoms with Gasteiger partial charge in [0.05, 0.1) is 5.69 Å². The predicted octanol–water partition coefficient (Wildman–Crippen LogP) is 1.30. The van der Waals surface area contributed by atoms with Crippen molar-refractivity contribution >= 4 is 5.97 Å². The summed E-state index contributed by atoms with van der Waals surface area (Å²) in [4.78, 5) is 19.8. The zero-order chi connectivity index (χ0) is 14.0. The SMILES string of the molecule is CC1CN(Cc2cccc(C(=O)O)n2)CC(C)N1C. The van der Waals surface area contributed by atoms with Gasteiger partial charge < -0.3 is 5.11 Å². The van der Waals surface area contributed by atoms with E-state index < -0.39 is 5.97 Å². The summed E-state index contributed by atoms with van der Waals surface area (Å²) in [6.07, 6.45) is 0. The van der Waals surface area contributed by atoms with Gasteiger partial charge >= 0.3 is 5.97 Å². The third kappa shape index (κ3) is 3.30. The third-order valence-corrected chi connectivity index (χ3v) is 3.85. The molecule has 1 fully saturated rings. The maximum Gasteiger partial charge on any atom is 0.354 e. The Kier molecular flexibility index (Phi) is 4.17. The lowest BCUT2D eigenvalue weighted by Gasteiger charge is -2.42. The molecule has 0 aromatic carbocycles. The van der Waals surface area contributed by atoms with Crippen molar-refractivity contribution in [2.45, 2.75) is 32.5 Å². The van der Waals surface area contributed by atoms with Crippen LogP contribution in [0.1, 0.15) is 30.0 Å². The topological polar surface area (TPSA) is 56.7 Å². The summed E-state index contributed by atoms with van der Waals surface area (Å²) >= 11 is 0. The number of aromatic carboxylic acids is 1. The normalized spacial score (nSPS) is 25.4. The summed E-state index contributed by atoms with van der Waals surface area (Å²) in [6, 6.07) is 6.19. The lowest BCUT2D eigenvalue weighted by atomic mass is 10.1. The van der Waals surface area contributed by atoms with Crippen molar-refractivity contribution in [2.75, 3.05) is 20.1 Å². The number of pyridine rings is 1. The Morgan fingerprint density at radius 1 is 1.37 bits per heavy atom. The molecule has 0 saturated carbocycles. The Labute approximate surface area is 113 Å². The summed E-state index contributed by atoms with van der Waals surface area (Å²) in [6.45, 7) is 7.11. The Morgan fingerprint density at radius 3 is 2.58 bits per heavy atom. The van der Waals surface area contributed by atoms with Gasteiger partial charge in [0, 0.05) is 31.7 Å². The molecule has 0 aliphatic carbocycles. The maximum absolute atomic E-state index is 10.9. The fourth-order valence-electron chi connectivity index (χ4n) is 2.56. The lowest BCUT2D eigenvalue weighted by molar-refractivity contribution is 0.0547. The molecule has 19 heavy (non-hydrogen) atoms. The van der Waals surface area contributed by atoms with Crippen LogP contribution in [-0.2, 0) is 6.54 Å². The van der Waals surface area contributed by atoms with E-state index in [9.17, 15) is 4.79 Å². The first-order chi connectivity index (χ1) is 8.97. The molecule has 1 aromatic heterocycles. The molecule has 2 rings (SSSR count). The minimum atomic E-state index is -0.970. The largest absolute Gasteiger partial charge is 0.477 e. The number of nitrogens with zero attached hydrogens (tertiary/aromatic N) is 3. The van der Waals surface area contributed by atoms with Gasteiger partial charge in [0.15, 0.2) is 0 Å². The molecule has 0 bridgehead atoms. The Hall–Kier alpha value is -1.46. The van der Waals surface area contributed by atoms with Crippen molar-refractivity contribution in [3.05, 3.63) is 29.6 Å². The molecule has 1 saturated heterocycles. The molecule has 2 heterocycles. The number of carbonyl (C=O) groups is 1. The molecule has 104 valence electrons.